The van der Waals surface area contributed by atoms with Crippen molar-refractivity contribution in [2.45, 2.75) is 13.8 Å². The van der Waals surface area contributed by atoms with Crippen molar-refractivity contribution in [3.63, 3.8) is 0 Å². The molecule has 0 saturated carbocycles. The van der Waals surface area contributed by atoms with Gasteiger partial charge < -0.3 is 4.90 Å². The number of aromatic nitrogens is 4. The van der Waals surface area contributed by atoms with Crippen molar-refractivity contribution in [2.24, 2.45) is 0 Å². The molecular weight excluding hydrogens is 256 g/mol. The number of rotatable bonds is 2. The maximum absolute atomic E-state index is 11.8. The smallest absolute Gasteiger partial charge is 0.273 e. The fraction of sp³-hybridized carbons (Fsp3) is 0.308. The standard InChI is InChI=1S/C13H14N6O/c1-8-9(2)15-16-12(10(8)7-14)19-6-5-11(17-19)13(20)18(3)4/h5-6H,1-4H3. The molecule has 0 radical (unpaired) electrons. The predicted molar refractivity (Wildman–Crippen MR) is 71.4 cm³/mol. The molecule has 0 saturated heterocycles. The topological polar surface area (TPSA) is 87.7 Å². The molecule has 0 aliphatic carbocycles. The molecule has 0 aromatic carbocycles. The normalized spacial score (nSPS) is 10.2. The Bertz CT molecular complexity index is 710. The van der Waals surface area contributed by atoms with Gasteiger partial charge in [-0.15, -0.1) is 5.10 Å². The van der Waals surface area contributed by atoms with Crippen molar-refractivity contribution >= 4 is 5.91 Å². The van der Waals surface area contributed by atoms with Gasteiger partial charge >= 0.3 is 0 Å². The van der Waals surface area contributed by atoms with Crippen LogP contribution < -0.4 is 0 Å². The summed E-state index contributed by atoms with van der Waals surface area (Å²) in [5.41, 5.74) is 2.15. The van der Waals surface area contributed by atoms with E-state index in [1.54, 1.807) is 40.2 Å². The van der Waals surface area contributed by atoms with Crippen LogP contribution in [0.15, 0.2) is 12.3 Å². The van der Waals surface area contributed by atoms with Gasteiger partial charge in [0.05, 0.1) is 5.69 Å². The Labute approximate surface area is 116 Å². The minimum absolute atomic E-state index is 0.209. The lowest BCUT2D eigenvalue weighted by atomic mass is 10.1. The maximum atomic E-state index is 11.8. The van der Waals surface area contributed by atoms with E-state index in [-0.39, 0.29) is 5.91 Å². The van der Waals surface area contributed by atoms with Crippen LogP contribution in [0, 0.1) is 25.2 Å². The summed E-state index contributed by atoms with van der Waals surface area (Å²) in [7, 11) is 3.30. The second-order valence-corrected chi connectivity index (χ2v) is 4.57. The molecule has 2 rings (SSSR count). The van der Waals surface area contributed by atoms with Crippen LogP contribution in [0.3, 0.4) is 0 Å². The van der Waals surface area contributed by atoms with Crippen molar-refractivity contribution < 1.29 is 4.79 Å². The fourth-order valence-electron chi connectivity index (χ4n) is 1.68. The van der Waals surface area contributed by atoms with Crippen LogP contribution in [0.2, 0.25) is 0 Å². The molecule has 0 spiro atoms. The van der Waals surface area contributed by atoms with Crippen LogP contribution in [0.4, 0.5) is 0 Å². The second kappa shape index (κ2) is 5.09. The van der Waals surface area contributed by atoms with Gasteiger partial charge in [-0.3, -0.25) is 4.79 Å². The van der Waals surface area contributed by atoms with Gasteiger partial charge in [0.1, 0.15) is 11.6 Å². The quantitative estimate of drug-likeness (QED) is 0.807. The lowest BCUT2D eigenvalue weighted by Gasteiger charge is -2.08. The molecule has 0 aliphatic rings. The summed E-state index contributed by atoms with van der Waals surface area (Å²) < 4.78 is 1.40. The van der Waals surface area contributed by atoms with Gasteiger partial charge in [0.15, 0.2) is 11.5 Å². The molecule has 0 fully saturated rings. The van der Waals surface area contributed by atoms with Gasteiger partial charge in [0, 0.05) is 20.3 Å². The molecule has 1 amide bonds. The molecule has 0 unspecified atom stereocenters. The fourth-order valence-corrected chi connectivity index (χ4v) is 1.68. The third kappa shape index (κ3) is 2.23. The molecule has 2 aromatic rings. The minimum Gasteiger partial charge on any atom is -0.343 e. The van der Waals surface area contributed by atoms with E-state index in [1.807, 2.05) is 0 Å². The third-order valence-corrected chi connectivity index (χ3v) is 2.98. The van der Waals surface area contributed by atoms with Crippen LogP contribution in [-0.2, 0) is 0 Å². The zero-order valence-corrected chi connectivity index (χ0v) is 11.7. The van der Waals surface area contributed by atoms with Crippen LogP contribution in [0.5, 0.6) is 0 Å². The van der Waals surface area contributed by atoms with Gasteiger partial charge in [0.25, 0.3) is 5.91 Å². The summed E-state index contributed by atoms with van der Waals surface area (Å²) in [6.07, 6.45) is 1.59. The molecule has 0 N–H and O–H groups in total. The van der Waals surface area contributed by atoms with E-state index >= 15 is 0 Å². The summed E-state index contributed by atoms with van der Waals surface area (Å²) in [6, 6.07) is 3.69. The number of nitrogens with zero attached hydrogens (tertiary/aromatic N) is 6. The van der Waals surface area contributed by atoms with Crippen LogP contribution >= 0.6 is 0 Å². The zero-order chi connectivity index (χ0) is 14.9. The Morgan fingerprint density at radius 3 is 2.65 bits per heavy atom. The summed E-state index contributed by atoms with van der Waals surface area (Å²) in [6.45, 7) is 3.60. The molecule has 0 atom stereocenters. The van der Waals surface area contributed by atoms with Gasteiger partial charge in [0.2, 0.25) is 0 Å². The first-order valence-corrected chi connectivity index (χ1v) is 5.97. The molecule has 0 bridgehead atoms. The maximum Gasteiger partial charge on any atom is 0.273 e. The summed E-state index contributed by atoms with van der Waals surface area (Å²) in [5.74, 6) is 0.118. The molecule has 2 aromatic heterocycles. The Kier molecular flexibility index (Phi) is 3.48. The Balaban J connectivity index is 2.52. The van der Waals surface area contributed by atoms with E-state index in [4.69, 9.17) is 0 Å². The molecule has 2 heterocycles. The number of nitriles is 1. The average molecular weight is 270 g/mol. The monoisotopic (exact) mass is 270 g/mol. The summed E-state index contributed by atoms with van der Waals surface area (Å²) in [4.78, 5) is 13.2. The highest BCUT2D eigenvalue weighted by molar-refractivity contribution is 5.91. The third-order valence-electron chi connectivity index (χ3n) is 2.98. The first-order chi connectivity index (χ1) is 9.45. The van der Waals surface area contributed by atoms with Crippen molar-refractivity contribution in [1.82, 2.24) is 24.9 Å². The predicted octanol–water partition coefficient (Wildman–Crippen LogP) is 0.853. The number of amides is 1. The van der Waals surface area contributed by atoms with Gasteiger partial charge in [-0.25, -0.2) is 4.68 Å². The minimum atomic E-state index is -0.209. The molecule has 102 valence electrons. The highest BCUT2D eigenvalue weighted by Gasteiger charge is 2.16. The molecule has 7 nitrogen and oxygen atoms in total. The molecule has 0 aliphatic heterocycles. The van der Waals surface area contributed by atoms with E-state index < -0.39 is 0 Å². The van der Waals surface area contributed by atoms with Crippen molar-refractivity contribution in [1.29, 1.82) is 5.26 Å². The highest BCUT2D eigenvalue weighted by Crippen LogP contribution is 2.16. The first-order valence-electron chi connectivity index (χ1n) is 5.97. The Morgan fingerprint density at radius 2 is 2.05 bits per heavy atom. The van der Waals surface area contributed by atoms with E-state index in [0.717, 1.165) is 5.56 Å². The van der Waals surface area contributed by atoms with E-state index in [9.17, 15) is 10.1 Å². The Hall–Kier alpha value is -2.75. The molecular formula is C13H14N6O. The van der Waals surface area contributed by atoms with Gasteiger partial charge in [-0.1, -0.05) is 0 Å². The van der Waals surface area contributed by atoms with Crippen LogP contribution in [-0.4, -0.2) is 44.9 Å². The lowest BCUT2D eigenvalue weighted by Crippen LogP contribution is -2.22. The van der Waals surface area contributed by atoms with E-state index in [2.05, 4.69) is 21.4 Å². The summed E-state index contributed by atoms with van der Waals surface area (Å²) in [5, 5.41) is 21.4. The number of aryl methyl sites for hydroxylation is 1. The largest absolute Gasteiger partial charge is 0.343 e. The van der Waals surface area contributed by atoms with Gasteiger partial charge in [-0.05, 0) is 25.5 Å². The molecule has 20 heavy (non-hydrogen) atoms. The Morgan fingerprint density at radius 1 is 1.35 bits per heavy atom. The second-order valence-electron chi connectivity index (χ2n) is 4.57. The lowest BCUT2D eigenvalue weighted by molar-refractivity contribution is 0.0821. The number of hydrogen-bond donors (Lipinski definition) is 0. The average Bonchev–Trinajstić information content (AvgIpc) is 2.90. The SMILES string of the molecule is Cc1nnc(-n2ccc(C(=O)N(C)C)n2)c(C#N)c1C. The first kappa shape index (κ1) is 13.7. The van der Waals surface area contributed by atoms with Gasteiger partial charge in [-0.2, -0.15) is 15.5 Å². The number of carbonyl (C=O) groups is 1. The van der Waals surface area contributed by atoms with Crippen LogP contribution in [0.1, 0.15) is 27.3 Å². The summed E-state index contributed by atoms with van der Waals surface area (Å²) >= 11 is 0. The zero-order valence-electron chi connectivity index (χ0n) is 11.7. The van der Waals surface area contributed by atoms with Crippen LogP contribution in [0.25, 0.3) is 5.82 Å². The van der Waals surface area contributed by atoms with E-state index in [1.165, 1.54) is 9.58 Å². The number of carbonyl (C=O) groups excluding carboxylic acids is 1. The number of hydrogen-bond acceptors (Lipinski definition) is 5. The van der Waals surface area contributed by atoms with Crippen molar-refractivity contribution in [3.05, 3.63) is 34.8 Å². The van der Waals surface area contributed by atoms with Crippen molar-refractivity contribution in [3.8, 4) is 11.9 Å². The van der Waals surface area contributed by atoms with Crippen molar-refractivity contribution in [2.75, 3.05) is 14.1 Å². The van der Waals surface area contributed by atoms with E-state index in [0.29, 0.717) is 22.8 Å². The molecule has 7 heteroatoms. The highest BCUT2D eigenvalue weighted by atomic mass is 16.2.